The lowest BCUT2D eigenvalue weighted by Crippen LogP contribution is -2.28. The molecule has 1 atom stereocenters. The Hall–Kier alpha value is -1.81. The molecule has 0 saturated carbocycles. The summed E-state index contributed by atoms with van der Waals surface area (Å²) in [4.78, 5) is 3.94. The van der Waals surface area contributed by atoms with Gasteiger partial charge < -0.3 is 5.32 Å². The van der Waals surface area contributed by atoms with E-state index in [1.165, 1.54) is 18.2 Å². The van der Waals surface area contributed by atoms with Crippen LogP contribution in [-0.2, 0) is 13.0 Å². The fourth-order valence-corrected chi connectivity index (χ4v) is 1.90. The Labute approximate surface area is 111 Å². The van der Waals surface area contributed by atoms with E-state index in [9.17, 15) is 8.78 Å². The Morgan fingerprint density at radius 1 is 1.11 bits per heavy atom. The summed E-state index contributed by atoms with van der Waals surface area (Å²) in [6.45, 7) is 2.56. The summed E-state index contributed by atoms with van der Waals surface area (Å²) in [5, 5.41) is 3.24. The van der Waals surface area contributed by atoms with Crippen molar-refractivity contribution in [3.63, 3.8) is 0 Å². The minimum Gasteiger partial charge on any atom is -0.310 e. The summed E-state index contributed by atoms with van der Waals surface area (Å²) in [6.07, 6.45) is 3.76. The largest absolute Gasteiger partial charge is 0.310 e. The lowest BCUT2D eigenvalue weighted by Gasteiger charge is -2.14. The van der Waals surface area contributed by atoms with E-state index in [4.69, 9.17) is 0 Å². The van der Waals surface area contributed by atoms with Gasteiger partial charge in [0.1, 0.15) is 11.6 Å². The molecule has 1 unspecified atom stereocenters. The Morgan fingerprint density at radius 2 is 1.74 bits per heavy atom. The topological polar surface area (TPSA) is 24.9 Å². The van der Waals surface area contributed by atoms with Gasteiger partial charge in [-0.1, -0.05) is 6.07 Å². The SMILES string of the molecule is CC(Cc1c(F)cccc1F)NCc1ccncc1. The molecule has 0 radical (unpaired) electrons. The van der Waals surface area contributed by atoms with Crippen molar-refractivity contribution >= 4 is 0 Å². The van der Waals surface area contributed by atoms with Gasteiger partial charge in [-0.2, -0.15) is 0 Å². The van der Waals surface area contributed by atoms with Gasteiger partial charge in [0.05, 0.1) is 0 Å². The fourth-order valence-electron chi connectivity index (χ4n) is 1.90. The molecule has 1 N–H and O–H groups in total. The first kappa shape index (κ1) is 13.6. The maximum Gasteiger partial charge on any atom is 0.129 e. The molecule has 100 valence electrons. The van der Waals surface area contributed by atoms with Crippen molar-refractivity contribution in [2.75, 3.05) is 0 Å². The van der Waals surface area contributed by atoms with Crippen molar-refractivity contribution in [2.45, 2.75) is 25.9 Å². The van der Waals surface area contributed by atoms with Crippen molar-refractivity contribution in [3.8, 4) is 0 Å². The molecule has 0 saturated heterocycles. The number of hydrogen-bond acceptors (Lipinski definition) is 2. The first-order valence-corrected chi connectivity index (χ1v) is 6.22. The van der Waals surface area contributed by atoms with E-state index < -0.39 is 11.6 Å². The van der Waals surface area contributed by atoms with Crippen LogP contribution in [0.15, 0.2) is 42.7 Å². The molecule has 1 heterocycles. The number of halogens is 2. The van der Waals surface area contributed by atoms with Gasteiger partial charge in [-0.15, -0.1) is 0 Å². The third-order valence-electron chi connectivity index (χ3n) is 2.98. The summed E-state index contributed by atoms with van der Waals surface area (Å²) in [7, 11) is 0. The average Bonchev–Trinajstić information content (AvgIpc) is 2.42. The Kier molecular flexibility index (Phi) is 4.58. The third-order valence-corrected chi connectivity index (χ3v) is 2.98. The van der Waals surface area contributed by atoms with Gasteiger partial charge in [0.2, 0.25) is 0 Å². The van der Waals surface area contributed by atoms with Gasteiger partial charge in [0.15, 0.2) is 0 Å². The van der Waals surface area contributed by atoms with E-state index in [1.807, 2.05) is 19.1 Å². The van der Waals surface area contributed by atoms with E-state index in [0.717, 1.165) is 5.56 Å². The minimum atomic E-state index is -0.488. The van der Waals surface area contributed by atoms with Gasteiger partial charge in [-0.3, -0.25) is 4.98 Å². The monoisotopic (exact) mass is 262 g/mol. The molecule has 0 bridgehead atoms. The lowest BCUT2D eigenvalue weighted by atomic mass is 10.1. The summed E-state index contributed by atoms with van der Waals surface area (Å²) >= 11 is 0. The Morgan fingerprint density at radius 3 is 2.37 bits per heavy atom. The lowest BCUT2D eigenvalue weighted by molar-refractivity contribution is 0.499. The molecule has 19 heavy (non-hydrogen) atoms. The molecular formula is C15H16F2N2. The number of aromatic nitrogens is 1. The zero-order valence-electron chi connectivity index (χ0n) is 10.7. The summed E-state index contributed by atoms with van der Waals surface area (Å²) in [5.74, 6) is -0.977. The predicted octanol–water partition coefficient (Wildman–Crippen LogP) is 3.08. The van der Waals surface area contributed by atoms with Crippen LogP contribution in [-0.4, -0.2) is 11.0 Å². The second kappa shape index (κ2) is 6.38. The molecule has 0 spiro atoms. The number of benzene rings is 1. The van der Waals surface area contributed by atoms with Gasteiger partial charge in [0.25, 0.3) is 0 Å². The van der Waals surface area contributed by atoms with Crippen LogP contribution in [0.1, 0.15) is 18.1 Å². The molecule has 0 aliphatic heterocycles. The second-order valence-corrected chi connectivity index (χ2v) is 4.54. The standard InChI is InChI=1S/C15H16F2N2/c1-11(19-10-12-5-7-18-8-6-12)9-13-14(16)3-2-4-15(13)17/h2-8,11,19H,9-10H2,1H3. The zero-order chi connectivity index (χ0) is 13.7. The van der Waals surface area contributed by atoms with Crippen LogP contribution < -0.4 is 5.32 Å². The van der Waals surface area contributed by atoms with Gasteiger partial charge in [0, 0.05) is 30.5 Å². The number of hydrogen-bond donors (Lipinski definition) is 1. The first-order chi connectivity index (χ1) is 9.16. The van der Waals surface area contributed by atoms with Crippen molar-refractivity contribution < 1.29 is 8.78 Å². The van der Waals surface area contributed by atoms with E-state index in [2.05, 4.69) is 10.3 Å². The van der Waals surface area contributed by atoms with E-state index in [1.54, 1.807) is 12.4 Å². The molecule has 2 rings (SSSR count). The van der Waals surface area contributed by atoms with Crippen LogP contribution in [0.2, 0.25) is 0 Å². The molecule has 0 amide bonds. The maximum absolute atomic E-state index is 13.5. The molecule has 0 aliphatic carbocycles. The zero-order valence-corrected chi connectivity index (χ0v) is 10.7. The van der Waals surface area contributed by atoms with Crippen LogP contribution in [0.4, 0.5) is 8.78 Å². The highest BCUT2D eigenvalue weighted by molar-refractivity contribution is 5.20. The normalized spacial score (nSPS) is 12.4. The van der Waals surface area contributed by atoms with Crippen LogP contribution in [0.3, 0.4) is 0 Å². The van der Waals surface area contributed by atoms with Crippen LogP contribution in [0.5, 0.6) is 0 Å². The molecule has 2 nitrogen and oxygen atoms in total. The molecule has 4 heteroatoms. The van der Waals surface area contributed by atoms with Crippen LogP contribution in [0.25, 0.3) is 0 Å². The quantitative estimate of drug-likeness (QED) is 0.895. The Balaban J connectivity index is 1.93. The predicted molar refractivity (Wildman–Crippen MR) is 70.6 cm³/mol. The van der Waals surface area contributed by atoms with E-state index in [0.29, 0.717) is 13.0 Å². The third kappa shape index (κ3) is 3.83. The van der Waals surface area contributed by atoms with Crippen molar-refractivity contribution in [3.05, 3.63) is 65.5 Å². The Bertz CT molecular complexity index is 509. The smallest absolute Gasteiger partial charge is 0.129 e. The number of pyridine rings is 1. The molecule has 0 fully saturated rings. The number of nitrogens with one attached hydrogen (secondary N) is 1. The first-order valence-electron chi connectivity index (χ1n) is 6.22. The molecule has 1 aromatic carbocycles. The van der Waals surface area contributed by atoms with E-state index >= 15 is 0 Å². The van der Waals surface area contributed by atoms with Crippen LogP contribution >= 0.6 is 0 Å². The highest BCUT2D eigenvalue weighted by atomic mass is 19.1. The van der Waals surface area contributed by atoms with Crippen molar-refractivity contribution in [1.82, 2.24) is 10.3 Å². The highest BCUT2D eigenvalue weighted by Crippen LogP contribution is 2.14. The highest BCUT2D eigenvalue weighted by Gasteiger charge is 2.12. The molecule has 1 aromatic heterocycles. The van der Waals surface area contributed by atoms with Gasteiger partial charge in [-0.05, 0) is 43.2 Å². The van der Waals surface area contributed by atoms with E-state index in [-0.39, 0.29) is 11.6 Å². The summed E-state index contributed by atoms with van der Waals surface area (Å²) < 4.78 is 27.0. The van der Waals surface area contributed by atoms with Gasteiger partial charge >= 0.3 is 0 Å². The summed E-state index contributed by atoms with van der Waals surface area (Å²) in [6, 6.07) is 7.75. The van der Waals surface area contributed by atoms with Crippen molar-refractivity contribution in [1.29, 1.82) is 0 Å². The van der Waals surface area contributed by atoms with Crippen LogP contribution in [0, 0.1) is 11.6 Å². The number of nitrogens with zero attached hydrogens (tertiary/aromatic N) is 1. The minimum absolute atomic E-state index is 0.0143. The number of rotatable bonds is 5. The van der Waals surface area contributed by atoms with Gasteiger partial charge in [-0.25, -0.2) is 8.78 Å². The average molecular weight is 262 g/mol. The summed E-state index contributed by atoms with van der Waals surface area (Å²) in [5.41, 5.74) is 1.23. The molecular weight excluding hydrogens is 246 g/mol. The molecule has 2 aromatic rings. The maximum atomic E-state index is 13.5. The molecule has 0 aliphatic rings. The fraction of sp³-hybridized carbons (Fsp3) is 0.267. The van der Waals surface area contributed by atoms with Crippen molar-refractivity contribution in [2.24, 2.45) is 0 Å². The second-order valence-electron chi connectivity index (χ2n) is 4.54.